The minimum atomic E-state index is -1.01. The van der Waals surface area contributed by atoms with Crippen LogP contribution in [0.2, 0.25) is 0 Å². The first-order chi connectivity index (χ1) is 14.6. The van der Waals surface area contributed by atoms with E-state index in [1.165, 1.54) is 19.2 Å². The van der Waals surface area contributed by atoms with Gasteiger partial charge < -0.3 is 4.74 Å². The number of imide groups is 2. The molecule has 4 amide bonds. The lowest BCUT2D eigenvalue weighted by Gasteiger charge is -2.18. The SMILES string of the molecule is COc1ccc(N2C(=O)C(=O)N(CC(=O)c3ccc(C(C)C)cc3C(C)C)C2=O)cc1. The van der Waals surface area contributed by atoms with Crippen LogP contribution in [0.5, 0.6) is 5.75 Å². The Morgan fingerprint density at radius 2 is 1.55 bits per heavy atom. The van der Waals surface area contributed by atoms with Gasteiger partial charge in [0.15, 0.2) is 5.78 Å². The van der Waals surface area contributed by atoms with E-state index in [4.69, 9.17) is 4.74 Å². The van der Waals surface area contributed by atoms with Crippen molar-refractivity contribution >= 4 is 29.3 Å². The van der Waals surface area contributed by atoms with E-state index in [2.05, 4.69) is 13.8 Å². The van der Waals surface area contributed by atoms with Crippen molar-refractivity contribution in [3.8, 4) is 5.75 Å². The summed E-state index contributed by atoms with van der Waals surface area (Å²) in [6.07, 6.45) is 0. The number of anilines is 1. The molecule has 0 bridgehead atoms. The number of benzene rings is 2. The molecule has 1 heterocycles. The lowest BCUT2D eigenvalue weighted by molar-refractivity contribution is -0.139. The van der Waals surface area contributed by atoms with Crippen LogP contribution in [0.25, 0.3) is 0 Å². The van der Waals surface area contributed by atoms with Gasteiger partial charge in [-0.05, 0) is 47.2 Å². The number of hydrogen-bond acceptors (Lipinski definition) is 5. The van der Waals surface area contributed by atoms with Crippen molar-refractivity contribution < 1.29 is 23.9 Å². The summed E-state index contributed by atoms with van der Waals surface area (Å²) >= 11 is 0. The highest BCUT2D eigenvalue weighted by Gasteiger charge is 2.46. The summed E-state index contributed by atoms with van der Waals surface area (Å²) in [7, 11) is 1.50. The molecular formula is C24H26N2O5. The van der Waals surface area contributed by atoms with Crippen molar-refractivity contribution in [2.24, 2.45) is 0 Å². The van der Waals surface area contributed by atoms with Crippen LogP contribution in [0.3, 0.4) is 0 Å². The maximum atomic E-state index is 13.0. The standard InChI is InChI=1S/C24H26N2O5/c1-14(2)16-6-11-19(20(12-16)15(3)4)21(27)13-25-22(28)23(29)26(24(25)30)17-7-9-18(31-5)10-8-17/h6-12,14-15H,13H2,1-5H3. The molecule has 0 radical (unpaired) electrons. The molecule has 0 aliphatic carbocycles. The van der Waals surface area contributed by atoms with Crippen LogP contribution < -0.4 is 9.64 Å². The molecule has 3 rings (SSSR count). The Hall–Kier alpha value is -3.48. The Bertz CT molecular complexity index is 1040. The maximum absolute atomic E-state index is 13.0. The van der Waals surface area contributed by atoms with Gasteiger partial charge in [0.2, 0.25) is 0 Å². The van der Waals surface area contributed by atoms with Gasteiger partial charge in [-0.1, -0.05) is 45.9 Å². The molecular weight excluding hydrogens is 396 g/mol. The van der Waals surface area contributed by atoms with Crippen LogP contribution in [0.4, 0.5) is 10.5 Å². The molecule has 2 aromatic rings. The number of carbonyl (C=O) groups is 4. The predicted molar refractivity (Wildman–Crippen MR) is 117 cm³/mol. The average molecular weight is 422 g/mol. The third kappa shape index (κ3) is 4.21. The molecule has 31 heavy (non-hydrogen) atoms. The number of ether oxygens (including phenoxy) is 1. The largest absolute Gasteiger partial charge is 0.497 e. The second-order valence-corrected chi connectivity index (χ2v) is 8.09. The van der Waals surface area contributed by atoms with Crippen molar-refractivity contribution in [2.75, 3.05) is 18.6 Å². The Balaban J connectivity index is 1.87. The molecule has 1 aliphatic heterocycles. The summed E-state index contributed by atoms with van der Waals surface area (Å²) in [4.78, 5) is 52.3. The molecule has 1 fully saturated rings. The van der Waals surface area contributed by atoms with Gasteiger partial charge in [0.25, 0.3) is 0 Å². The third-order valence-corrected chi connectivity index (χ3v) is 5.35. The first kappa shape index (κ1) is 22.2. The second-order valence-electron chi connectivity index (χ2n) is 8.09. The molecule has 0 spiro atoms. The van der Waals surface area contributed by atoms with Gasteiger partial charge in [-0.3, -0.25) is 14.4 Å². The highest BCUT2D eigenvalue weighted by Crippen LogP contribution is 2.27. The summed E-state index contributed by atoms with van der Waals surface area (Å²) < 4.78 is 5.07. The molecule has 0 atom stereocenters. The molecule has 0 aromatic heterocycles. The quantitative estimate of drug-likeness (QED) is 0.381. The maximum Gasteiger partial charge on any atom is 0.339 e. The molecule has 0 N–H and O–H groups in total. The normalized spacial score (nSPS) is 14.2. The molecule has 162 valence electrons. The van der Waals surface area contributed by atoms with Gasteiger partial charge in [-0.25, -0.2) is 14.6 Å². The minimum absolute atomic E-state index is 0.0834. The van der Waals surface area contributed by atoms with Crippen LogP contribution in [-0.4, -0.2) is 42.2 Å². The highest BCUT2D eigenvalue weighted by atomic mass is 16.5. The zero-order valence-electron chi connectivity index (χ0n) is 18.3. The van der Waals surface area contributed by atoms with Gasteiger partial charge in [0.05, 0.1) is 19.3 Å². The van der Waals surface area contributed by atoms with Crippen molar-refractivity contribution in [1.29, 1.82) is 0 Å². The first-order valence-corrected chi connectivity index (χ1v) is 10.2. The summed E-state index contributed by atoms with van der Waals surface area (Å²) in [5, 5.41) is 0. The van der Waals surface area contributed by atoms with E-state index in [-0.39, 0.29) is 17.4 Å². The molecule has 1 saturated heterocycles. The van der Waals surface area contributed by atoms with Crippen molar-refractivity contribution in [3.05, 3.63) is 59.2 Å². The number of hydrogen-bond donors (Lipinski definition) is 0. The molecule has 2 aromatic carbocycles. The second kappa shape index (κ2) is 8.71. The van der Waals surface area contributed by atoms with Gasteiger partial charge in [0, 0.05) is 5.56 Å². The summed E-state index contributed by atoms with van der Waals surface area (Å²) in [5.41, 5.74) is 2.65. The highest BCUT2D eigenvalue weighted by molar-refractivity contribution is 6.53. The fourth-order valence-corrected chi connectivity index (χ4v) is 3.50. The minimum Gasteiger partial charge on any atom is -0.497 e. The van der Waals surface area contributed by atoms with Crippen molar-refractivity contribution in [1.82, 2.24) is 4.90 Å². The summed E-state index contributed by atoms with van der Waals surface area (Å²) in [5.74, 6) is -1.45. The average Bonchev–Trinajstić information content (AvgIpc) is 2.96. The Labute approximate surface area is 181 Å². The number of ketones is 1. The lowest BCUT2D eigenvalue weighted by Crippen LogP contribution is -2.37. The van der Waals surface area contributed by atoms with Crippen LogP contribution in [0, 0.1) is 0 Å². The topological polar surface area (TPSA) is 84.0 Å². The molecule has 7 heteroatoms. The number of nitrogens with zero attached hydrogens (tertiary/aromatic N) is 2. The van der Waals surface area contributed by atoms with E-state index in [0.717, 1.165) is 16.0 Å². The number of methoxy groups -OCH3 is 1. The van der Waals surface area contributed by atoms with E-state index in [0.29, 0.717) is 22.1 Å². The zero-order chi connectivity index (χ0) is 22.9. The number of amides is 4. The number of Topliss-reactive ketones (excluding diaryl/α,β-unsaturated/α-hetero) is 1. The van der Waals surface area contributed by atoms with Crippen LogP contribution >= 0.6 is 0 Å². The molecule has 1 aliphatic rings. The monoisotopic (exact) mass is 422 g/mol. The van der Waals surface area contributed by atoms with E-state index < -0.39 is 24.4 Å². The van der Waals surface area contributed by atoms with E-state index in [1.54, 1.807) is 18.2 Å². The van der Waals surface area contributed by atoms with Gasteiger partial charge >= 0.3 is 17.8 Å². The Morgan fingerprint density at radius 3 is 2.10 bits per heavy atom. The van der Waals surface area contributed by atoms with E-state index in [1.807, 2.05) is 26.0 Å². The zero-order valence-corrected chi connectivity index (χ0v) is 18.3. The van der Waals surface area contributed by atoms with Gasteiger partial charge in [-0.15, -0.1) is 0 Å². The molecule has 0 saturated carbocycles. The molecule has 7 nitrogen and oxygen atoms in total. The van der Waals surface area contributed by atoms with E-state index >= 15 is 0 Å². The van der Waals surface area contributed by atoms with Crippen molar-refractivity contribution in [2.45, 2.75) is 39.5 Å². The van der Waals surface area contributed by atoms with Crippen molar-refractivity contribution in [3.63, 3.8) is 0 Å². The van der Waals surface area contributed by atoms with Crippen LogP contribution in [0.1, 0.15) is 61.0 Å². The summed E-state index contributed by atoms with van der Waals surface area (Å²) in [6.45, 7) is 7.62. The third-order valence-electron chi connectivity index (χ3n) is 5.35. The fraction of sp³-hybridized carbons (Fsp3) is 0.333. The van der Waals surface area contributed by atoms with E-state index in [9.17, 15) is 19.2 Å². The summed E-state index contributed by atoms with van der Waals surface area (Å²) in [6, 6.07) is 11.0. The van der Waals surface area contributed by atoms with Gasteiger partial charge in [0.1, 0.15) is 5.75 Å². The first-order valence-electron chi connectivity index (χ1n) is 10.2. The smallest absolute Gasteiger partial charge is 0.339 e. The molecule has 0 unspecified atom stereocenters. The number of rotatable bonds is 7. The Kier molecular flexibility index (Phi) is 6.24. The van der Waals surface area contributed by atoms with Crippen LogP contribution in [0.15, 0.2) is 42.5 Å². The predicted octanol–water partition coefficient (Wildman–Crippen LogP) is 4.12. The van der Waals surface area contributed by atoms with Gasteiger partial charge in [-0.2, -0.15) is 0 Å². The van der Waals surface area contributed by atoms with Crippen LogP contribution in [-0.2, 0) is 9.59 Å². The Morgan fingerprint density at radius 1 is 0.903 bits per heavy atom. The lowest BCUT2D eigenvalue weighted by atomic mass is 9.90. The fourth-order valence-electron chi connectivity index (χ4n) is 3.50. The number of urea groups is 1. The number of carbonyl (C=O) groups excluding carboxylic acids is 4.